The Bertz CT molecular complexity index is 1020. The summed E-state index contributed by atoms with van der Waals surface area (Å²) in [5.41, 5.74) is 3.29. The van der Waals surface area contributed by atoms with Crippen molar-refractivity contribution in [3.05, 3.63) is 71.4 Å². The first-order valence-corrected chi connectivity index (χ1v) is 8.52. The number of methoxy groups -OCH3 is 1. The number of aryl methyl sites for hydroxylation is 1. The second-order valence-corrected chi connectivity index (χ2v) is 6.66. The van der Waals surface area contributed by atoms with Gasteiger partial charge in [-0.15, -0.1) is 0 Å². The van der Waals surface area contributed by atoms with Crippen molar-refractivity contribution in [3.8, 4) is 0 Å². The van der Waals surface area contributed by atoms with E-state index in [0.29, 0.717) is 5.56 Å². The summed E-state index contributed by atoms with van der Waals surface area (Å²) in [6.07, 6.45) is 2.00. The van der Waals surface area contributed by atoms with Crippen molar-refractivity contribution in [2.75, 3.05) is 14.2 Å². The molecule has 3 aromatic rings. The van der Waals surface area contributed by atoms with Gasteiger partial charge >= 0.3 is 5.97 Å². The summed E-state index contributed by atoms with van der Waals surface area (Å²) in [6.45, 7) is 0. The van der Waals surface area contributed by atoms with Crippen LogP contribution in [0.3, 0.4) is 0 Å². The first-order valence-electron chi connectivity index (χ1n) is 8.52. The van der Waals surface area contributed by atoms with Crippen LogP contribution in [0.4, 0.5) is 0 Å². The number of fused-ring (bicyclic) bond motifs is 2. The summed E-state index contributed by atoms with van der Waals surface area (Å²) >= 11 is 0. The molecule has 0 saturated carbocycles. The van der Waals surface area contributed by atoms with Crippen LogP contribution in [-0.4, -0.2) is 35.5 Å². The third-order valence-corrected chi connectivity index (χ3v) is 5.28. The highest BCUT2D eigenvalue weighted by Gasteiger charge is 2.44. The Hall–Kier alpha value is -3.08. The van der Waals surface area contributed by atoms with Crippen molar-refractivity contribution in [2.24, 2.45) is 7.05 Å². The minimum atomic E-state index is -0.565. The van der Waals surface area contributed by atoms with Crippen molar-refractivity contribution in [1.29, 1.82) is 0 Å². The number of carbonyl (C=O) groups excluding carboxylic acids is 2. The fraction of sp³-hybridized carbons (Fsp3) is 0.238. The van der Waals surface area contributed by atoms with Gasteiger partial charge in [-0.1, -0.05) is 36.4 Å². The number of para-hydroxylation sites is 1. The topological polar surface area (TPSA) is 51.5 Å². The number of hydrogen-bond donors (Lipinski definition) is 0. The van der Waals surface area contributed by atoms with Crippen molar-refractivity contribution >= 4 is 22.8 Å². The summed E-state index contributed by atoms with van der Waals surface area (Å²) in [4.78, 5) is 27.4. The molecule has 0 saturated heterocycles. The van der Waals surface area contributed by atoms with E-state index < -0.39 is 12.0 Å². The molecule has 2 aromatic carbocycles. The largest absolute Gasteiger partial charge is 0.468 e. The number of aromatic nitrogens is 1. The van der Waals surface area contributed by atoms with Gasteiger partial charge < -0.3 is 14.2 Å². The van der Waals surface area contributed by atoms with Gasteiger partial charge in [-0.3, -0.25) is 9.59 Å². The van der Waals surface area contributed by atoms with Crippen LogP contribution in [0.1, 0.15) is 33.4 Å². The predicted molar refractivity (Wildman–Crippen MR) is 99.0 cm³/mol. The van der Waals surface area contributed by atoms with Gasteiger partial charge in [-0.05, 0) is 17.7 Å². The van der Waals surface area contributed by atoms with Gasteiger partial charge in [0.1, 0.15) is 5.92 Å². The van der Waals surface area contributed by atoms with E-state index in [-0.39, 0.29) is 11.9 Å². The first-order chi connectivity index (χ1) is 12.5. The molecule has 1 amide bonds. The number of hydrogen-bond acceptors (Lipinski definition) is 3. The summed E-state index contributed by atoms with van der Waals surface area (Å²) < 4.78 is 7.14. The minimum absolute atomic E-state index is 0.0845. The molecule has 4 rings (SSSR count). The number of likely N-dealkylation sites (N-methyl/N-ethyl adjacent to an activating group) is 1. The lowest BCUT2D eigenvalue weighted by Crippen LogP contribution is -2.42. The van der Waals surface area contributed by atoms with E-state index in [1.807, 2.05) is 60.3 Å². The quantitative estimate of drug-likeness (QED) is 0.668. The van der Waals surface area contributed by atoms with E-state index in [1.54, 1.807) is 18.0 Å². The van der Waals surface area contributed by atoms with Crippen LogP contribution in [0.5, 0.6) is 0 Å². The van der Waals surface area contributed by atoms with Crippen LogP contribution in [0.25, 0.3) is 10.9 Å². The lowest BCUT2D eigenvalue weighted by atomic mass is 9.80. The van der Waals surface area contributed by atoms with Crippen LogP contribution in [0, 0.1) is 0 Å². The standard InChI is InChI=1S/C21H20N2O3/c1-22-12-16(13-8-6-7-11-17(13)22)19-18(21(25)26-3)14-9-4-5-10-15(14)20(24)23(19)2/h4-12,18-19H,1-3H3/t18-,19+/m1/s1. The zero-order valence-electron chi connectivity index (χ0n) is 15.0. The molecule has 0 radical (unpaired) electrons. The Morgan fingerprint density at radius 3 is 2.46 bits per heavy atom. The molecule has 0 aliphatic carbocycles. The molecule has 0 bridgehead atoms. The fourth-order valence-corrected chi connectivity index (χ4v) is 4.05. The minimum Gasteiger partial charge on any atom is -0.468 e. The van der Waals surface area contributed by atoms with E-state index in [2.05, 4.69) is 0 Å². The normalized spacial score (nSPS) is 19.5. The average molecular weight is 348 g/mol. The SMILES string of the molecule is COC(=O)[C@@H]1c2ccccc2C(=O)N(C)[C@H]1c1cn(C)c2ccccc12. The summed E-state index contributed by atoms with van der Waals surface area (Å²) in [6, 6.07) is 14.9. The van der Waals surface area contributed by atoms with E-state index in [9.17, 15) is 9.59 Å². The number of amides is 1. The molecular formula is C21H20N2O3. The Kier molecular flexibility index (Phi) is 3.80. The van der Waals surface area contributed by atoms with E-state index in [4.69, 9.17) is 4.74 Å². The predicted octanol–water partition coefficient (Wildman–Crippen LogP) is 3.26. The van der Waals surface area contributed by atoms with E-state index >= 15 is 0 Å². The molecule has 2 heterocycles. The summed E-state index contributed by atoms with van der Waals surface area (Å²) in [5.74, 6) is -0.988. The highest BCUT2D eigenvalue weighted by Crippen LogP contribution is 2.44. The van der Waals surface area contributed by atoms with Gasteiger partial charge in [-0.2, -0.15) is 0 Å². The molecule has 0 unspecified atom stereocenters. The van der Waals surface area contributed by atoms with Crippen LogP contribution < -0.4 is 0 Å². The number of rotatable bonds is 2. The summed E-state index contributed by atoms with van der Waals surface area (Å²) in [5, 5.41) is 1.04. The number of ether oxygens (including phenoxy) is 1. The first kappa shape index (κ1) is 16.4. The number of esters is 1. The maximum atomic E-state index is 13.0. The fourth-order valence-electron chi connectivity index (χ4n) is 4.05. The van der Waals surface area contributed by atoms with Gasteiger partial charge in [0.15, 0.2) is 0 Å². The van der Waals surface area contributed by atoms with Gasteiger partial charge in [0, 0.05) is 42.3 Å². The van der Waals surface area contributed by atoms with E-state index in [1.165, 1.54) is 7.11 Å². The van der Waals surface area contributed by atoms with Crippen molar-refractivity contribution in [3.63, 3.8) is 0 Å². The number of nitrogens with zero attached hydrogens (tertiary/aromatic N) is 2. The van der Waals surface area contributed by atoms with Gasteiger partial charge in [0.2, 0.25) is 0 Å². The molecule has 1 aliphatic heterocycles. The average Bonchev–Trinajstić information content (AvgIpc) is 3.00. The maximum absolute atomic E-state index is 13.0. The molecule has 1 aliphatic rings. The van der Waals surface area contributed by atoms with Gasteiger partial charge in [0.25, 0.3) is 5.91 Å². The van der Waals surface area contributed by atoms with E-state index in [0.717, 1.165) is 22.0 Å². The zero-order valence-corrected chi connectivity index (χ0v) is 15.0. The van der Waals surface area contributed by atoms with Crippen LogP contribution >= 0.6 is 0 Å². The molecular weight excluding hydrogens is 328 g/mol. The lowest BCUT2D eigenvalue weighted by Gasteiger charge is -2.38. The Labute approximate surface area is 151 Å². The molecule has 26 heavy (non-hydrogen) atoms. The van der Waals surface area contributed by atoms with Crippen LogP contribution in [0.15, 0.2) is 54.7 Å². The molecule has 0 N–H and O–H groups in total. The highest BCUT2D eigenvalue weighted by molar-refractivity contribution is 6.01. The summed E-state index contributed by atoms with van der Waals surface area (Å²) in [7, 11) is 5.11. The zero-order chi connectivity index (χ0) is 18.4. The molecule has 1 aromatic heterocycles. The Balaban J connectivity index is 1.99. The maximum Gasteiger partial charge on any atom is 0.315 e. The van der Waals surface area contributed by atoms with Gasteiger partial charge in [0.05, 0.1) is 13.2 Å². The van der Waals surface area contributed by atoms with Crippen molar-refractivity contribution in [1.82, 2.24) is 9.47 Å². The third-order valence-electron chi connectivity index (χ3n) is 5.28. The Morgan fingerprint density at radius 1 is 1.00 bits per heavy atom. The van der Waals surface area contributed by atoms with Crippen LogP contribution in [0.2, 0.25) is 0 Å². The van der Waals surface area contributed by atoms with Gasteiger partial charge in [-0.25, -0.2) is 0 Å². The van der Waals surface area contributed by atoms with Crippen molar-refractivity contribution in [2.45, 2.75) is 12.0 Å². The van der Waals surface area contributed by atoms with Crippen molar-refractivity contribution < 1.29 is 14.3 Å². The molecule has 5 nitrogen and oxygen atoms in total. The molecule has 132 valence electrons. The highest BCUT2D eigenvalue weighted by atomic mass is 16.5. The van der Waals surface area contributed by atoms with Crippen LogP contribution in [-0.2, 0) is 16.6 Å². The monoisotopic (exact) mass is 348 g/mol. The second kappa shape index (κ2) is 6.02. The number of benzene rings is 2. The Morgan fingerprint density at radius 2 is 1.69 bits per heavy atom. The number of carbonyl (C=O) groups is 2. The lowest BCUT2D eigenvalue weighted by molar-refractivity contribution is -0.144. The third kappa shape index (κ3) is 2.24. The molecule has 0 fully saturated rings. The second-order valence-electron chi connectivity index (χ2n) is 6.66. The smallest absolute Gasteiger partial charge is 0.315 e. The molecule has 5 heteroatoms. The molecule has 0 spiro atoms. The molecule has 2 atom stereocenters.